The molecule has 7 atom stereocenters. The number of nitrogens with two attached hydrogens (primary N) is 3. The van der Waals surface area contributed by atoms with E-state index in [1.165, 1.54) is 38.8 Å². The van der Waals surface area contributed by atoms with E-state index in [0.717, 1.165) is 118 Å². The first-order valence-corrected chi connectivity index (χ1v) is 30.4. The second-order valence-electron chi connectivity index (χ2n) is 24.9. The number of allylic oxidation sites excluding steroid dienone is 1. The zero-order valence-electron chi connectivity index (χ0n) is 47.3. The molecule has 1 aliphatic carbocycles. The van der Waals surface area contributed by atoms with Crippen molar-refractivity contribution in [3.63, 3.8) is 0 Å². The number of likely N-dealkylation sites (tertiary alicyclic amines) is 3. The molecular formula is C61H86N12O5S. The zero-order chi connectivity index (χ0) is 55.1. The number of anilines is 1. The summed E-state index contributed by atoms with van der Waals surface area (Å²) in [5.74, 6) is 1.68. The van der Waals surface area contributed by atoms with Gasteiger partial charge in [0.1, 0.15) is 23.5 Å². The standard InChI is InChI=1S/C61H86N12O5S/c1-38(2)56(60(76)72-22-8-10-51(72)59(75)66-40(4)43-12-14-44(15-13-43)57-41(5)65-37-79-57)54-28-55(67-78-54)69-23-18-42(19-24-69)32-68-25-20-61(21-26-68)29-47(30-61)70-31-39(3)77-48(35-70)36-73-45-16-17-46(73)34-71(33-45)52(58(63)64)27-50(62)49-9-6-7-11-53(49)74/h6-7,9,11-15,27-28,37-40,42,45-48,51,56,74H,8,10,16-26,29-36,62-64H2,1-5H3,(H,66,75)/b50-27-. The Morgan fingerprint density at radius 3 is 2.28 bits per heavy atom. The number of hydrogen-bond acceptors (Lipinski definition) is 16. The average Bonchev–Trinajstić information content (AvgIpc) is 4.29. The monoisotopic (exact) mass is 1100 g/mol. The molecule has 7 aliphatic rings. The number of morpholine rings is 1. The largest absolute Gasteiger partial charge is 0.507 e. The van der Waals surface area contributed by atoms with E-state index in [-0.39, 0.29) is 47.6 Å². The first-order chi connectivity index (χ1) is 38.1. The molecule has 8 heterocycles. The number of para-hydroxylation sites is 1. The number of ether oxygens (including phenoxy) is 1. The first kappa shape index (κ1) is 55.3. The van der Waals surface area contributed by atoms with Crippen molar-refractivity contribution >= 4 is 34.7 Å². The molecule has 11 rings (SSSR count). The van der Waals surface area contributed by atoms with E-state index in [1.54, 1.807) is 34.4 Å². The number of fused-ring (bicyclic) bond motifs is 2. The minimum absolute atomic E-state index is 0.0302. The molecule has 2 amide bonds. The van der Waals surface area contributed by atoms with Crippen molar-refractivity contribution in [2.75, 3.05) is 76.9 Å². The van der Waals surface area contributed by atoms with Crippen LogP contribution in [0.5, 0.6) is 5.75 Å². The molecule has 7 unspecified atom stereocenters. The van der Waals surface area contributed by atoms with Crippen molar-refractivity contribution in [3.8, 4) is 16.2 Å². The van der Waals surface area contributed by atoms with Crippen molar-refractivity contribution in [2.45, 2.75) is 147 Å². The lowest BCUT2D eigenvalue weighted by Crippen LogP contribution is -2.62. The molecule has 18 heteroatoms. The Kier molecular flexibility index (Phi) is 16.4. The Hall–Kier alpha value is -5.66. The van der Waals surface area contributed by atoms with Gasteiger partial charge in [0.25, 0.3) is 0 Å². The normalized spacial score (nSPS) is 26.2. The highest BCUT2D eigenvalue weighted by Gasteiger charge is 2.50. The van der Waals surface area contributed by atoms with Crippen molar-refractivity contribution in [1.82, 2.24) is 40.0 Å². The van der Waals surface area contributed by atoms with Gasteiger partial charge in [-0.25, -0.2) is 4.98 Å². The number of benzene rings is 2. The number of thiazole rings is 1. The molecule has 6 aliphatic heterocycles. The molecule has 17 nitrogen and oxygen atoms in total. The molecule has 0 radical (unpaired) electrons. The number of aromatic nitrogens is 2. The summed E-state index contributed by atoms with van der Waals surface area (Å²) in [5, 5.41) is 18.2. The quantitative estimate of drug-likeness (QED) is 0.0702. The zero-order valence-corrected chi connectivity index (χ0v) is 48.1. The second-order valence-corrected chi connectivity index (χ2v) is 25.7. The summed E-state index contributed by atoms with van der Waals surface area (Å²) in [4.78, 5) is 48.4. The van der Waals surface area contributed by atoms with Gasteiger partial charge in [-0.05, 0) is 145 Å². The molecular weight excluding hydrogens is 1010 g/mol. The summed E-state index contributed by atoms with van der Waals surface area (Å²) >= 11 is 1.63. The minimum Gasteiger partial charge on any atom is -0.507 e. The van der Waals surface area contributed by atoms with E-state index in [4.69, 9.17) is 26.5 Å². The molecule has 79 heavy (non-hydrogen) atoms. The number of piperazine rings is 1. The van der Waals surface area contributed by atoms with Gasteiger partial charge in [0.05, 0.1) is 40.0 Å². The molecule has 1 saturated carbocycles. The lowest BCUT2D eigenvalue weighted by Gasteiger charge is -2.57. The van der Waals surface area contributed by atoms with Crippen molar-refractivity contribution in [3.05, 3.63) is 100 Å². The van der Waals surface area contributed by atoms with Gasteiger partial charge in [0.15, 0.2) is 11.6 Å². The van der Waals surface area contributed by atoms with Crippen LogP contribution in [0, 0.1) is 24.2 Å². The Morgan fingerprint density at radius 2 is 1.61 bits per heavy atom. The number of phenolic OH excluding ortho intramolecular Hbond substituents is 1. The molecule has 7 fully saturated rings. The van der Waals surface area contributed by atoms with Crippen LogP contribution >= 0.6 is 11.3 Å². The summed E-state index contributed by atoms with van der Waals surface area (Å²) in [5.41, 5.74) is 26.3. The predicted molar refractivity (Wildman–Crippen MR) is 310 cm³/mol. The SMILES string of the molecule is Cc1ncsc1-c1ccc(C(C)NC(=O)C2CCCN2C(=O)C(c2cc(N3CCC(CN4CCC5(CC4)CC(N4CC(C)OC(CN6C7CCC6CN(C(/C=C(\N)c6ccccc6O)=C(N)N)C7)C4)C5)CC3)no2)C(C)C)cc1. The van der Waals surface area contributed by atoms with Gasteiger partial charge in [-0.1, -0.05) is 55.4 Å². The number of aryl methyl sites for hydroxylation is 1. The van der Waals surface area contributed by atoms with Crippen LogP contribution in [0.1, 0.15) is 126 Å². The number of nitrogens with one attached hydrogen (secondary N) is 1. The Morgan fingerprint density at radius 1 is 0.886 bits per heavy atom. The van der Waals surface area contributed by atoms with Gasteiger partial charge in [0.2, 0.25) is 11.8 Å². The Bertz CT molecular complexity index is 2810. The lowest BCUT2D eigenvalue weighted by atomic mass is 9.60. The van der Waals surface area contributed by atoms with Crippen LogP contribution in [0.2, 0.25) is 0 Å². The van der Waals surface area contributed by atoms with E-state index in [0.29, 0.717) is 59.4 Å². The molecule has 4 aromatic rings. The summed E-state index contributed by atoms with van der Waals surface area (Å²) < 4.78 is 12.7. The van der Waals surface area contributed by atoms with E-state index in [9.17, 15) is 14.7 Å². The summed E-state index contributed by atoms with van der Waals surface area (Å²) in [6.45, 7) is 20.9. The highest BCUT2D eigenvalue weighted by Crippen LogP contribution is 2.52. The third-order valence-corrected chi connectivity index (χ3v) is 20.1. The Balaban J connectivity index is 0.611. The number of hydrogen-bond donors (Lipinski definition) is 5. The number of rotatable bonds is 16. The van der Waals surface area contributed by atoms with Crippen LogP contribution in [0.3, 0.4) is 0 Å². The van der Waals surface area contributed by atoms with Gasteiger partial charge < -0.3 is 56.5 Å². The van der Waals surface area contributed by atoms with Crippen molar-refractivity contribution in [2.24, 2.45) is 34.5 Å². The number of piperidine rings is 2. The maximum absolute atomic E-state index is 14.4. The van der Waals surface area contributed by atoms with Crippen LogP contribution in [0.25, 0.3) is 16.1 Å². The third kappa shape index (κ3) is 11.9. The van der Waals surface area contributed by atoms with Gasteiger partial charge in [0, 0.05) is 94.4 Å². The fraction of sp³-hybridized carbons (Fsp3) is 0.607. The second kappa shape index (κ2) is 23.4. The number of amides is 2. The summed E-state index contributed by atoms with van der Waals surface area (Å²) in [7, 11) is 0. The fourth-order valence-electron chi connectivity index (χ4n) is 14.7. The highest BCUT2D eigenvalue weighted by atomic mass is 32.1. The fourth-order valence-corrected chi connectivity index (χ4v) is 15.5. The molecule has 8 N–H and O–H groups in total. The van der Waals surface area contributed by atoms with E-state index >= 15 is 0 Å². The van der Waals surface area contributed by atoms with E-state index in [1.807, 2.05) is 37.6 Å². The molecule has 2 aromatic carbocycles. The van der Waals surface area contributed by atoms with Crippen LogP contribution < -0.4 is 27.4 Å². The predicted octanol–water partition coefficient (Wildman–Crippen LogP) is 7.21. The molecule has 2 aromatic heterocycles. The lowest BCUT2D eigenvalue weighted by molar-refractivity contribution is -0.141. The maximum Gasteiger partial charge on any atom is 0.243 e. The van der Waals surface area contributed by atoms with Gasteiger partial charge in [-0.15, -0.1) is 11.3 Å². The number of phenols is 1. The molecule has 1 spiro atoms. The van der Waals surface area contributed by atoms with Gasteiger partial charge in [-0.3, -0.25) is 19.4 Å². The average molecular weight is 1100 g/mol. The number of aromatic hydroxyl groups is 1. The van der Waals surface area contributed by atoms with E-state index in [2.05, 4.69) is 85.0 Å². The van der Waals surface area contributed by atoms with Gasteiger partial charge >= 0.3 is 0 Å². The smallest absolute Gasteiger partial charge is 0.243 e. The minimum atomic E-state index is -0.521. The topological polar surface area (TPSA) is 212 Å². The third-order valence-electron chi connectivity index (χ3n) is 19.1. The van der Waals surface area contributed by atoms with Crippen molar-refractivity contribution in [1.29, 1.82) is 0 Å². The summed E-state index contributed by atoms with van der Waals surface area (Å²) in [6.07, 6.45) is 13.3. The van der Waals surface area contributed by atoms with Gasteiger partial charge in [-0.2, -0.15) is 0 Å². The van der Waals surface area contributed by atoms with Crippen LogP contribution in [0.15, 0.2) is 82.2 Å². The van der Waals surface area contributed by atoms with Crippen LogP contribution in [-0.4, -0.2) is 160 Å². The van der Waals surface area contributed by atoms with Crippen LogP contribution in [-0.2, 0) is 14.3 Å². The summed E-state index contributed by atoms with van der Waals surface area (Å²) in [6, 6.07) is 18.1. The number of carbonyl (C=O) groups excluding carboxylic acids is 2. The van der Waals surface area contributed by atoms with Crippen molar-refractivity contribution < 1.29 is 24.0 Å². The maximum atomic E-state index is 14.4. The molecule has 2 bridgehead atoms. The molecule has 6 saturated heterocycles. The number of carbonyl (C=O) groups is 2. The Labute approximate surface area is 471 Å². The number of nitrogens with zero attached hydrogens (tertiary/aromatic N) is 8. The first-order valence-electron chi connectivity index (χ1n) is 29.5. The van der Waals surface area contributed by atoms with Crippen LogP contribution in [0.4, 0.5) is 5.82 Å². The molecule has 426 valence electrons. The van der Waals surface area contributed by atoms with E-state index < -0.39 is 12.0 Å². The highest BCUT2D eigenvalue weighted by molar-refractivity contribution is 7.13.